The molecular formula is C17H40N4. The standard InChI is InChI=1S/C9H23N3.C8H17N/c1-8(11-7-6-10)9(2,3)12(4)5;1-9(2)8-6-4-3-5-7-8/h8,11H,6-7,10H2,1-5H3;8H,3-7H2,1-2H3. The first kappa shape index (κ1) is 20.8. The summed E-state index contributed by atoms with van der Waals surface area (Å²) >= 11 is 0. The first-order valence-electron chi connectivity index (χ1n) is 8.50. The molecule has 0 saturated heterocycles. The number of hydrogen-bond acceptors (Lipinski definition) is 4. The molecule has 1 atom stereocenters. The van der Waals surface area contributed by atoms with Crippen molar-refractivity contribution in [3.63, 3.8) is 0 Å². The van der Waals surface area contributed by atoms with E-state index in [0.717, 1.165) is 12.6 Å². The van der Waals surface area contributed by atoms with Gasteiger partial charge in [0.1, 0.15) is 0 Å². The molecule has 0 aromatic heterocycles. The van der Waals surface area contributed by atoms with Gasteiger partial charge in [-0.2, -0.15) is 0 Å². The maximum atomic E-state index is 5.42. The minimum Gasteiger partial charge on any atom is -0.329 e. The highest BCUT2D eigenvalue weighted by molar-refractivity contribution is 4.88. The zero-order valence-corrected chi connectivity index (χ0v) is 15.6. The lowest BCUT2D eigenvalue weighted by atomic mass is 9.95. The topological polar surface area (TPSA) is 44.5 Å². The molecule has 1 aliphatic rings. The van der Waals surface area contributed by atoms with Gasteiger partial charge in [0.05, 0.1) is 0 Å². The van der Waals surface area contributed by atoms with Crippen molar-refractivity contribution in [1.82, 2.24) is 15.1 Å². The van der Waals surface area contributed by atoms with Crippen molar-refractivity contribution in [3.05, 3.63) is 0 Å². The summed E-state index contributed by atoms with van der Waals surface area (Å²) < 4.78 is 0. The number of likely N-dealkylation sites (N-methyl/N-ethyl adjacent to an activating group) is 1. The summed E-state index contributed by atoms with van der Waals surface area (Å²) in [6.45, 7) is 8.23. The Kier molecular flexibility index (Phi) is 10.5. The van der Waals surface area contributed by atoms with Crippen molar-refractivity contribution in [2.75, 3.05) is 41.3 Å². The second kappa shape index (κ2) is 10.5. The molecule has 4 nitrogen and oxygen atoms in total. The van der Waals surface area contributed by atoms with E-state index in [2.05, 4.69) is 64.1 Å². The highest BCUT2D eigenvalue weighted by Gasteiger charge is 2.27. The fourth-order valence-corrected chi connectivity index (χ4v) is 2.53. The molecule has 0 aromatic carbocycles. The van der Waals surface area contributed by atoms with E-state index in [1.54, 1.807) is 0 Å². The van der Waals surface area contributed by atoms with Crippen LogP contribution in [0.4, 0.5) is 0 Å². The minimum atomic E-state index is 0.176. The summed E-state index contributed by atoms with van der Waals surface area (Å²) in [4.78, 5) is 4.58. The molecule has 0 amide bonds. The third-order valence-corrected chi connectivity index (χ3v) is 5.11. The van der Waals surface area contributed by atoms with Crippen molar-refractivity contribution >= 4 is 0 Å². The van der Waals surface area contributed by atoms with E-state index in [4.69, 9.17) is 5.73 Å². The normalized spacial score (nSPS) is 18.6. The average Bonchev–Trinajstić information content (AvgIpc) is 2.46. The van der Waals surface area contributed by atoms with Gasteiger partial charge >= 0.3 is 0 Å². The third kappa shape index (κ3) is 8.15. The Balaban J connectivity index is 0.000000394. The van der Waals surface area contributed by atoms with E-state index in [-0.39, 0.29) is 5.54 Å². The van der Waals surface area contributed by atoms with Gasteiger partial charge in [0.15, 0.2) is 0 Å². The van der Waals surface area contributed by atoms with Crippen LogP contribution in [-0.2, 0) is 0 Å². The predicted molar refractivity (Wildman–Crippen MR) is 94.8 cm³/mol. The lowest BCUT2D eigenvalue weighted by Gasteiger charge is -2.38. The van der Waals surface area contributed by atoms with E-state index >= 15 is 0 Å². The van der Waals surface area contributed by atoms with Crippen LogP contribution < -0.4 is 11.1 Å². The van der Waals surface area contributed by atoms with E-state index < -0.39 is 0 Å². The zero-order chi connectivity index (χ0) is 16.5. The summed E-state index contributed by atoms with van der Waals surface area (Å²) in [7, 11) is 8.58. The molecule has 1 rings (SSSR count). The van der Waals surface area contributed by atoms with Crippen molar-refractivity contribution in [1.29, 1.82) is 0 Å². The second-order valence-corrected chi connectivity index (χ2v) is 7.27. The molecular weight excluding hydrogens is 260 g/mol. The van der Waals surface area contributed by atoms with E-state index in [9.17, 15) is 0 Å². The summed E-state index contributed by atoms with van der Waals surface area (Å²) in [6.07, 6.45) is 7.20. The summed E-state index contributed by atoms with van der Waals surface area (Å²) in [5, 5.41) is 3.39. The van der Waals surface area contributed by atoms with Crippen LogP contribution in [0, 0.1) is 0 Å². The Hall–Kier alpha value is -0.160. The molecule has 0 bridgehead atoms. The van der Waals surface area contributed by atoms with Crippen molar-refractivity contribution in [2.45, 2.75) is 70.5 Å². The Morgan fingerprint density at radius 1 is 1.10 bits per heavy atom. The molecule has 1 unspecified atom stereocenters. The summed E-state index contributed by atoms with van der Waals surface area (Å²) in [5.74, 6) is 0. The number of rotatable bonds is 6. The molecule has 1 fully saturated rings. The second-order valence-electron chi connectivity index (χ2n) is 7.27. The molecule has 0 spiro atoms. The van der Waals surface area contributed by atoms with Crippen LogP contribution >= 0.6 is 0 Å². The Labute approximate surface area is 133 Å². The van der Waals surface area contributed by atoms with Gasteiger partial charge < -0.3 is 20.9 Å². The van der Waals surface area contributed by atoms with Crippen molar-refractivity contribution in [2.24, 2.45) is 5.73 Å². The van der Waals surface area contributed by atoms with Gasteiger partial charge in [0.25, 0.3) is 0 Å². The van der Waals surface area contributed by atoms with E-state index in [1.807, 2.05) is 0 Å². The maximum absolute atomic E-state index is 5.42. The number of hydrogen-bond donors (Lipinski definition) is 2. The Bertz CT molecular complexity index is 245. The zero-order valence-electron chi connectivity index (χ0n) is 15.6. The summed E-state index contributed by atoms with van der Waals surface area (Å²) in [6, 6.07) is 1.34. The molecule has 128 valence electrons. The molecule has 0 radical (unpaired) electrons. The molecule has 0 aliphatic heterocycles. The first-order valence-corrected chi connectivity index (χ1v) is 8.50. The van der Waals surface area contributed by atoms with E-state index in [0.29, 0.717) is 12.6 Å². The fraction of sp³-hybridized carbons (Fsp3) is 1.00. The number of nitrogens with two attached hydrogens (primary N) is 1. The van der Waals surface area contributed by atoms with Gasteiger partial charge in [0.2, 0.25) is 0 Å². The van der Waals surface area contributed by atoms with Gasteiger partial charge in [-0.05, 0) is 61.8 Å². The predicted octanol–water partition coefficient (Wildman–Crippen LogP) is 2.14. The largest absolute Gasteiger partial charge is 0.329 e. The summed E-state index contributed by atoms with van der Waals surface area (Å²) in [5.41, 5.74) is 5.60. The first-order chi connectivity index (χ1) is 9.73. The van der Waals surface area contributed by atoms with Gasteiger partial charge in [-0.25, -0.2) is 0 Å². The highest BCUT2D eigenvalue weighted by Crippen LogP contribution is 2.20. The smallest absolute Gasteiger partial charge is 0.0297 e. The lowest BCUT2D eigenvalue weighted by Crippen LogP contribution is -2.54. The quantitative estimate of drug-likeness (QED) is 0.789. The van der Waals surface area contributed by atoms with Crippen LogP contribution in [0.1, 0.15) is 52.9 Å². The average molecular weight is 301 g/mol. The van der Waals surface area contributed by atoms with Crippen molar-refractivity contribution in [3.8, 4) is 0 Å². The Morgan fingerprint density at radius 3 is 1.95 bits per heavy atom. The SMILES string of the molecule is CC(NCCN)C(C)(C)N(C)C.CN(C)C1CCCCC1. The Morgan fingerprint density at radius 2 is 1.62 bits per heavy atom. The lowest BCUT2D eigenvalue weighted by molar-refractivity contribution is 0.147. The molecule has 21 heavy (non-hydrogen) atoms. The molecule has 4 heteroatoms. The van der Waals surface area contributed by atoms with Crippen LogP contribution in [0.15, 0.2) is 0 Å². The molecule has 0 heterocycles. The maximum Gasteiger partial charge on any atom is 0.0297 e. The molecule has 1 aliphatic carbocycles. The van der Waals surface area contributed by atoms with Crippen LogP contribution in [-0.4, -0.2) is 68.7 Å². The molecule has 1 saturated carbocycles. The molecule has 3 N–H and O–H groups in total. The van der Waals surface area contributed by atoms with Crippen LogP contribution in [0.3, 0.4) is 0 Å². The van der Waals surface area contributed by atoms with Gasteiger partial charge in [-0.3, -0.25) is 0 Å². The molecule has 0 aromatic rings. The van der Waals surface area contributed by atoms with Gasteiger partial charge in [0, 0.05) is 30.7 Å². The third-order valence-electron chi connectivity index (χ3n) is 5.11. The van der Waals surface area contributed by atoms with Crippen LogP contribution in [0.2, 0.25) is 0 Å². The van der Waals surface area contributed by atoms with Crippen LogP contribution in [0.5, 0.6) is 0 Å². The van der Waals surface area contributed by atoms with E-state index in [1.165, 1.54) is 32.1 Å². The number of nitrogens with zero attached hydrogens (tertiary/aromatic N) is 2. The fourth-order valence-electron chi connectivity index (χ4n) is 2.53. The number of nitrogens with one attached hydrogen (secondary N) is 1. The van der Waals surface area contributed by atoms with Crippen molar-refractivity contribution < 1.29 is 0 Å². The van der Waals surface area contributed by atoms with Gasteiger partial charge in [-0.15, -0.1) is 0 Å². The monoisotopic (exact) mass is 300 g/mol. The highest BCUT2D eigenvalue weighted by atomic mass is 15.2. The van der Waals surface area contributed by atoms with Gasteiger partial charge in [-0.1, -0.05) is 19.3 Å². The minimum absolute atomic E-state index is 0.176. The van der Waals surface area contributed by atoms with Crippen LogP contribution in [0.25, 0.3) is 0 Å².